The van der Waals surface area contributed by atoms with Crippen molar-refractivity contribution >= 4 is 15.9 Å². The number of nitrogens with zero attached hydrogens (tertiary/aromatic N) is 1. The van der Waals surface area contributed by atoms with Gasteiger partial charge in [-0.1, -0.05) is 41.1 Å². The topological polar surface area (TPSA) is 3.24 Å². The minimum Gasteiger partial charge on any atom is -0.294 e. The highest BCUT2D eigenvalue weighted by molar-refractivity contribution is 9.11. The van der Waals surface area contributed by atoms with Gasteiger partial charge in [0.05, 0.1) is 0 Å². The van der Waals surface area contributed by atoms with Gasteiger partial charge >= 0.3 is 0 Å². The third-order valence-electron chi connectivity index (χ3n) is 1.98. The first-order chi connectivity index (χ1) is 5.58. The van der Waals surface area contributed by atoms with Gasteiger partial charge in [-0.15, -0.1) is 0 Å². The van der Waals surface area contributed by atoms with Crippen LogP contribution in [-0.4, -0.2) is 24.5 Å². The summed E-state index contributed by atoms with van der Waals surface area (Å²) < 4.78 is 1.07. The molecular formula is C10H16BrN. The summed E-state index contributed by atoms with van der Waals surface area (Å²) in [6, 6.07) is 0. The fraction of sp³-hybridized carbons (Fsp3) is 0.600. The summed E-state index contributed by atoms with van der Waals surface area (Å²) in [5.41, 5.74) is 1.47. The van der Waals surface area contributed by atoms with E-state index in [1.165, 1.54) is 5.57 Å². The fourth-order valence-corrected chi connectivity index (χ4v) is 2.13. The van der Waals surface area contributed by atoms with Gasteiger partial charge in [0.25, 0.3) is 0 Å². The Balaban J connectivity index is 2.49. The third kappa shape index (κ3) is 3.11. The van der Waals surface area contributed by atoms with Crippen LogP contribution in [0.4, 0.5) is 0 Å². The summed E-state index contributed by atoms with van der Waals surface area (Å²) in [6.07, 6.45) is 2.35. The molecule has 1 atom stereocenters. The molecule has 0 aromatic carbocycles. The minimum atomic E-state index is 0.686. The zero-order chi connectivity index (χ0) is 9.14. The molecule has 0 saturated heterocycles. The van der Waals surface area contributed by atoms with Crippen molar-refractivity contribution in [3.63, 3.8) is 0 Å². The molecular weight excluding hydrogens is 214 g/mol. The van der Waals surface area contributed by atoms with Crippen molar-refractivity contribution in [3.05, 3.63) is 22.7 Å². The largest absolute Gasteiger partial charge is 0.294 e. The molecule has 0 fully saturated rings. The number of halogens is 1. The first-order valence-corrected chi connectivity index (χ1v) is 5.10. The summed E-state index contributed by atoms with van der Waals surface area (Å²) in [5.74, 6) is 0.686. The Morgan fingerprint density at radius 1 is 1.83 bits per heavy atom. The van der Waals surface area contributed by atoms with E-state index in [1.807, 2.05) is 0 Å². The smallest absolute Gasteiger partial charge is 0.0297 e. The molecule has 1 nitrogen and oxygen atoms in total. The molecule has 0 aromatic heterocycles. The van der Waals surface area contributed by atoms with Crippen LogP contribution in [0.3, 0.4) is 0 Å². The van der Waals surface area contributed by atoms with E-state index in [0.717, 1.165) is 24.1 Å². The van der Waals surface area contributed by atoms with Crippen LogP contribution in [0.25, 0.3) is 0 Å². The second-order valence-corrected chi connectivity index (χ2v) is 4.80. The van der Waals surface area contributed by atoms with Gasteiger partial charge in [0.15, 0.2) is 0 Å². The highest BCUT2D eigenvalue weighted by Crippen LogP contribution is 2.16. The minimum absolute atomic E-state index is 0.686. The monoisotopic (exact) mass is 229 g/mol. The lowest BCUT2D eigenvalue weighted by atomic mass is 10.0. The lowest BCUT2D eigenvalue weighted by Gasteiger charge is -2.29. The van der Waals surface area contributed by atoms with Crippen LogP contribution in [0.1, 0.15) is 13.8 Å². The number of hydrogen-bond donors (Lipinski definition) is 0. The van der Waals surface area contributed by atoms with Crippen molar-refractivity contribution in [2.24, 2.45) is 5.92 Å². The van der Waals surface area contributed by atoms with Crippen LogP contribution >= 0.6 is 15.9 Å². The van der Waals surface area contributed by atoms with E-state index in [9.17, 15) is 0 Å². The Morgan fingerprint density at radius 2 is 2.50 bits per heavy atom. The highest BCUT2D eigenvalue weighted by atomic mass is 79.9. The maximum atomic E-state index is 3.85. The SMILES string of the molecule is C=C(Br)CN1CC(C)=CC(C)C1. The summed E-state index contributed by atoms with van der Waals surface area (Å²) in [5, 5.41) is 0. The molecule has 0 saturated carbocycles. The van der Waals surface area contributed by atoms with Gasteiger partial charge in [-0.05, 0) is 12.8 Å². The van der Waals surface area contributed by atoms with Crippen LogP contribution in [0.5, 0.6) is 0 Å². The van der Waals surface area contributed by atoms with Crippen LogP contribution in [0.2, 0.25) is 0 Å². The molecule has 12 heavy (non-hydrogen) atoms. The lowest BCUT2D eigenvalue weighted by Crippen LogP contribution is -2.34. The average Bonchev–Trinajstić information content (AvgIpc) is 1.81. The van der Waals surface area contributed by atoms with Gasteiger partial charge in [0.1, 0.15) is 0 Å². The van der Waals surface area contributed by atoms with Crippen LogP contribution < -0.4 is 0 Å². The number of hydrogen-bond acceptors (Lipinski definition) is 1. The van der Waals surface area contributed by atoms with Crippen molar-refractivity contribution in [2.75, 3.05) is 19.6 Å². The van der Waals surface area contributed by atoms with Crippen molar-refractivity contribution in [3.8, 4) is 0 Å². The van der Waals surface area contributed by atoms with Crippen LogP contribution in [0, 0.1) is 5.92 Å². The molecule has 0 N–H and O–H groups in total. The van der Waals surface area contributed by atoms with Crippen molar-refractivity contribution in [1.82, 2.24) is 4.90 Å². The van der Waals surface area contributed by atoms with Crippen molar-refractivity contribution in [1.29, 1.82) is 0 Å². The fourth-order valence-electron chi connectivity index (χ4n) is 1.78. The second-order valence-electron chi connectivity index (χ2n) is 3.68. The Bertz CT molecular complexity index is 208. The maximum Gasteiger partial charge on any atom is 0.0297 e. The Morgan fingerprint density at radius 3 is 3.00 bits per heavy atom. The molecule has 0 spiro atoms. The molecule has 2 heteroatoms. The van der Waals surface area contributed by atoms with E-state index in [4.69, 9.17) is 0 Å². The summed E-state index contributed by atoms with van der Waals surface area (Å²) in [7, 11) is 0. The zero-order valence-corrected chi connectivity index (χ0v) is 9.39. The van der Waals surface area contributed by atoms with E-state index in [2.05, 4.69) is 47.3 Å². The molecule has 0 aliphatic carbocycles. The number of rotatable bonds is 2. The highest BCUT2D eigenvalue weighted by Gasteiger charge is 2.14. The second kappa shape index (κ2) is 4.24. The lowest BCUT2D eigenvalue weighted by molar-refractivity contribution is 0.283. The Hall–Kier alpha value is -0.0800. The molecule has 0 amide bonds. The molecule has 0 bridgehead atoms. The predicted octanol–water partition coefficient (Wildman–Crippen LogP) is 2.79. The molecule has 1 heterocycles. The standard InChI is InChI=1S/C10H16BrN/c1-8-4-9(2)6-12(5-8)7-10(3)11/h4,8H,3,5-7H2,1-2H3. The molecule has 1 unspecified atom stereocenters. The molecule has 68 valence electrons. The maximum absolute atomic E-state index is 3.85. The van der Waals surface area contributed by atoms with E-state index in [-0.39, 0.29) is 0 Å². The summed E-state index contributed by atoms with van der Waals surface area (Å²) in [4.78, 5) is 2.41. The van der Waals surface area contributed by atoms with E-state index in [1.54, 1.807) is 0 Å². The molecule has 0 radical (unpaired) electrons. The molecule has 1 aliphatic rings. The van der Waals surface area contributed by atoms with Gasteiger partial charge < -0.3 is 0 Å². The van der Waals surface area contributed by atoms with E-state index < -0.39 is 0 Å². The van der Waals surface area contributed by atoms with Crippen molar-refractivity contribution in [2.45, 2.75) is 13.8 Å². The first-order valence-electron chi connectivity index (χ1n) is 4.31. The summed E-state index contributed by atoms with van der Waals surface area (Å²) in [6.45, 7) is 11.5. The van der Waals surface area contributed by atoms with Crippen molar-refractivity contribution < 1.29 is 0 Å². The van der Waals surface area contributed by atoms with Crippen LogP contribution in [0.15, 0.2) is 22.7 Å². The van der Waals surface area contributed by atoms with Gasteiger partial charge in [0.2, 0.25) is 0 Å². The van der Waals surface area contributed by atoms with E-state index >= 15 is 0 Å². The molecule has 1 rings (SSSR count). The van der Waals surface area contributed by atoms with Gasteiger partial charge in [-0.25, -0.2) is 0 Å². The predicted molar refractivity (Wildman–Crippen MR) is 57.4 cm³/mol. The first kappa shape index (κ1) is 10.0. The zero-order valence-electron chi connectivity index (χ0n) is 7.81. The quantitative estimate of drug-likeness (QED) is 0.659. The van der Waals surface area contributed by atoms with E-state index in [0.29, 0.717) is 5.92 Å². The van der Waals surface area contributed by atoms with Gasteiger partial charge in [-0.2, -0.15) is 0 Å². The molecule has 1 aliphatic heterocycles. The third-order valence-corrected chi connectivity index (χ3v) is 2.23. The van der Waals surface area contributed by atoms with Crippen LogP contribution in [-0.2, 0) is 0 Å². The van der Waals surface area contributed by atoms with Gasteiger partial charge in [-0.3, -0.25) is 4.90 Å². The normalized spacial score (nSPS) is 25.2. The average molecular weight is 230 g/mol. The van der Waals surface area contributed by atoms with Gasteiger partial charge in [0, 0.05) is 24.1 Å². The summed E-state index contributed by atoms with van der Waals surface area (Å²) >= 11 is 3.39. The molecule has 0 aromatic rings. The Labute approximate surface area is 83.3 Å². The Kier molecular flexibility index (Phi) is 3.53.